The molecule has 338 valence electrons. The number of hydrogen-bond donors (Lipinski definition) is 12. The third-order valence-electron chi connectivity index (χ3n) is 8.97. The molecule has 0 spiro atoms. The molecule has 0 aromatic heterocycles. The van der Waals surface area contributed by atoms with Gasteiger partial charge in [-0.3, -0.25) is 43.7 Å². The normalized spacial score (nSPS) is 12.9. The molecule has 0 heterocycles. The summed E-state index contributed by atoms with van der Waals surface area (Å²) in [5.74, 6) is -6.81. The maximum atomic E-state index is 12.4. The number of carbonyl (C=O) groups is 9. The molecule has 59 heavy (non-hydrogen) atoms. The predicted molar refractivity (Wildman–Crippen MR) is 212 cm³/mol. The fraction of sp³-hybridized carbons (Fsp3) is 0.763. The first-order valence-corrected chi connectivity index (χ1v) is 20.4. The van der Waals surface area contributed by atoms with Crippen LogP contribution in [0.4, 0.5) is 0 Å². The number of aliphatic hydroxyl groups excluding tert-OH is 3. The fourth-order valence-electron chi connectivity index (χ4n) is 5.59. The highest BCUT2D eigenvalue weighted by molar-refractivity contribution is 5.92. The second kappa shape index (κ2) is 34.2. The summed E-state index contributed by atoms with van der Waals surface area (Å²) in [7, 11) is 0. The van der Waals surface area contributed by atoms with Gasteiger partial charge in [-0.25, -0.2) is 4.79 Å². The molecule has 0 fully saturated rings. The van der Waals surface area contributed by atoms with Crippen molar-refractivity contribution < 1.29 is 68.7 Å². The number of hydrogen-bond acceptors (Lipinski definition) is 13. The Balaban J connectivity index is 4.28. The van der Waals surface area contributed by atoms with Gasteiger partial charge in [0.25, 0.3) is 0 Å². The van der Waals surface area contributed by atoms with Crippen molar-refractivity contribution in [2.75, 3.05) is 39.4 Å². The van der Waals surface area contributed by atoms with Crippen LogP contribution < -0.4 is 37.2 Å². The first kappa shape index (κ1) is 54.3. The molecular formula is C38H67N7O14. The van der Waals surface area contributed by atoms with Crippen molar-refractivity contribution >= 4 is 53.2 Å². The van der Waals surface area contributed by atoms with E-state index in [1.165, 1.54) is 32.6 Å². The van der Waals surface area contributed by atoms with E-state index in [1.54, 1.807) is 0 Å². The Morgan fingerprint density at radius 1 is 0.475 bits per heavy atom. The summed E-state index contributed by atoms with van der Waals surface area (Å²) >= 11 is 0. The summed E-state index contributed by atoms with van der Waals surface area (Å²) in [5, 5.41) is 63.4. The second-order valence-corrected chi connectivity index (χ2v) is 14.3. The summed E-state index contributed by atoms with van der Waals surface area (Å²) in [4.78, 5) is 106. The Morgan fingerprint density at radius 3 is 1.44 bits per heavy atom. The van der Waals surface area contributed by atoms with E-state index in [2.05, 4.69) is 37.2 Å². The second-order valence-electron chi connectivity index (χ2n) is 14.3. The lowest BCUT2D eigenvalue weighted by atomic mass is 10.0. The van der Waals surface area contributed by atoms with E-state index < -0.39 is 105 Å². The molecule has 12 N–H and O–H groups in total. The van der Waals surface area contributed by atoms with Gasteiger partial charge in [0.05, 0.1) is 45.4 Å². The van der Waals surface area contributed by atoms with Crippen molar-refractivity contribution in [2.24, 2.45) is 0 Å². The number of amides is 6. The van der Waals surface area contributed by atoms with E-state index in [4.69, 9.17) is 5.11 Å². The van der Waals surface area contributed by atoms with Crippen LogP contribution in [-0.2, 0) is 43.2 Å². The van der Waals surface area contributed by atoms with Crippen molar-refractivity contribution in [3.05, 3.63) is 0 Å². The topological polar surface area (TPSA) is 339 Å². The molecule has 4 unspecified atom stereocenters. The van der Waals surface area contributed by atoms with Crippen molar-refractivity contribution in [1.29, 1.82) is 0 Å². The van der Waals surface area contributed by atoms with Crippen LogP contribution in [0.1, 0.15) is 122 Å². The van der Waals surface area contributed by atoms with Gasteiger partial charge in [-0.2, -0.15) is 0 Å². The monoisotopic (exact) mass is 845 g/mol. The molecule has 0 saturated carbocycles. The minimum atomic E-state index is -1.69. The van der Waals surface area contributed by atoms with Crippen LogP contribution in [0.2, 0.25) is 0 Å². The average Bonchev–Trinajstić information content (AvgIpc) is 3.19. The summed E-state index contributed by atoms with van der Waals surface area (Å²) in [6.07, 6.45) is 12.5. The highest BCUT2D eigenvalue weighted by Crippen LogP contribution is 2.14. The number of carbonyl (C=O) groups excluding carboxylic acids is 7. The third-order valence-corrected chi connectivity index (χ3v) is 8.97. The molecule has 4 atom stereocenters. The van der Waals surface area contributed by atoms with Crippen LogP contribution in [-0.4, -0.2) is 142 Å². The van der Waals surface area contributed by atoms with Crippen LogP contribution in [0.5, 0.6) is 0 Å². The number of unbranched alkanes of at least 4 members (excludes halogenated alkanes) is 13. The predicted octanol–water partition coefficient (Wildman–Crippen LogP) is -1.54. The third kappa shape index (κ3) is 30.9. The van der Waals surface area contributed by atoms with Gasteiger partial charge in [0.2, 0.25) is 35.4 Å². The molecular weight excluding hydrogens is 778 g/mol. The molecule has 21 nitrogen and oxygen atoms in total. The van der Waals surface area contributed by atoms with Crippen LogP contribution in [0.25, 0.3) is 0 Å². The first-order valence-electron chi connectivity index (χ1n) is 20.4. The Morgan fingerprint density at radius 2 is 0.949 bits per heavy atom. The number of aliphatic carboxylic acids is 2. The van der Waals surface area contributed by atoms with Crippen LogP contribution >= 0.6 is 0 Å². The zero-order valence-electron chi connectivity index (χ0n) is 34.2. The molecule has 21 heteroatoms. The van der Waals surface area contributed by atoms with E-state index in [9.17, 15) is 63.6 Å². The molecule has 0 bridgehead atoms. The number of rotatable bonds is 37. The van der Waals surface area contributed by atoms with Gasteiger partial charge in [-0.05, 0) is 26.2 Å². The number of nitrogens with one attached hydrogen (secondary N) is 7. The van der Waals surface area contributed by atoms with Gasteiger partial charge in [0, 0.05) is 19.3 Å². The number of carboxylic acids is 2. The molecule has 6 amide bonds. The highest BCUT2D eigenvalue weighted by Gasteiger charge is 2.25. The standard InChI is InChI=1S/C38H67N7O14/c1-26(48)20-39-32(51)21-41-36(56)28(24-46)45-34(53)23-42-37(57)29(25-47)44-33(52)22-40-30(49)19-18-27(38(58)59)43-31(50)16-14-12-10-8-6-4-2-3-5-7-9-11-13-15-17-35(54)55/h27-29,37,42,46-47,57H,2-25H2,1H3,(H,39,51)(H,40,49)(H,41,56)(H,43,50)(H,44,52)(H,45,53)(H,54,55)(H,58,59). The first-order chi connectivity index (χ1) is 28.1. The molecule has 0 saturated heterocycles. The molecule has 0 rings (SSSR count). The van der Waals surface area contributed by atoms with E-state index in [0.29, 0.717) is 6.42 Å². The number of aliphatic hydroxyl groups is 3. The van der Waals surface area contributed by atoms with Gasteiger partial charge in [0.15, 0.2) is 0 Å². The van der Waals surface area contributed by atoms with Gasteiger partial charge < -0.3 is 57.4 Å². The van der Waals surface area contributed by atoms with E-state index in [-0.39, 0.29) is 38.0 Å². The Kier molecular flexibility index (Phi) is 31.4. The lowest BCUT2D eigenvalue weighted by molar-refractivity contribution is -0.142. The quantitative estimate of drug-likeness (QED) is 0.0249. The maximum Gasteiger partial charge on any atom is 0.326 e. The summed E-state index contributed by atoms with van der Waals surface area (Å²) < 4.78 is 0. The van der Waals surface area contributed by atoms with Gasteiger partial charge in [-0.15, -0.1) is 0 Å². The summed E-state index contributed by atoms with van der Waals surface area (Å²) in [5.41, 5.74) is 0. The van der Waals surface area contributed by atoms with Crippen LogP contribution in [0.15, 0.2) is 0 Å². The van der Waals surface area contributed by atoms with Crippen molar-refractivity contribution in [3.8, 4) is 0 Å². The van der Waals surface area contributed by atoms with E-state index in [0.717, 1.165) is 57.8 Å². The molecule has 0 aromatic rings. The van der Waals surface area contributed by atoms with Gasteiger partial charge in [-0.1, -0.05) is 77.0 Å². The smallest absolute Gasteiger partial charge is 0.326 e. The Hall–Kier alpha value is -4.73. The minimum absolute atomic E-state index is 0.149. The van der Waals surface area contributed by atoms with E-state index in [1.807, 2.05) is 0 Å². The van der Waals surface area contributed by atoms with Gasteiger partial charge >= 0.3 is 11.9 Å². The lowest BCUT2D eigenvalue weighted by Crippen LogP contribution is -2.56. The van der Waals surface area contributed by atoms with E-state index >= 15 is 0 Å². The maximum absolute atomic E-state index is 12.4. The van der Waals surface area contributed by atoms with Crippen molar-refractivity contribution in [2.45, 2.75) is 147 Å². The Bertz CT molecular complexity index is 1320. The molecule has 0 aliphatic rings. The van der Waals surface area contributed by atoms with Gasteiger partial charge in [0.1, 0.15) is 24.1 Å². The highest BCUT2D eigenvalue weighted by atomic mass is 16.4. The zero-order valence-corrected chi connectivity index (χ0v) is 34.2. The number of ketones is 1. The fourth-order valence-corrected chi connectivity index (χ4v) is 5.59. The van der Waals surface area contributed by atoms with Crippen LogP contribution in [0.3, 0.4) is 0 Å². The summed E-state index contributed by atoms with van der Waals surface area (Å²) in [6, 6.07) is -4.14. The summed E-state index contributed by atoms with van der Waals surface area (Å²) in [6.45, 7) is -2.40. The number of Topliss-reactive ketones (excluding diaryl/α,β-unsaturated/α-hetero) is 1. The van der Waals surface area contributed by atoms with Crippen LogP contribution in [0, 0.1) is 0 Å². The largest absolute Gasteiger partial charge is 0.481 e. The molecule has 0 aliphatic carbocycles. The zero-order chi connectivity index (χ0) is 44.4. The average molecular weight is 846 g/mol. The SMILES string of the molecule is CC(=O)CNC(=O)CNC(=O)C(CO)NC(=O)CNC(O)C(CO)NC(=O)CNC(=O)CCC(NC(=O)CCCCCCCCCCCCCCCCC(=O)O)C(=O)O. The number of carboxylic acid groups (broad SMARTS) is 2. The Labute approximate surface area is 345 Å². The van der Waals surface area contributed by atoms with Crippen molar-refractivity contribution in [1.82, 2.24) is 37.2 Å². The van der Waals surface area contributed by atoms with Crippen molar-refractivity contribution in [3.63, 3.8) is 0 Å². The lowest BCUT2D eigenvalue weighted by Gasteiger charge is -2.23. The molecule has 0 aromatic carbocycles. The molecule has 0 aliphatic heterocycles. The minimum Gasteiger partial charge on any atom is -0.481 e. The molecule has 0 radical (unpaired) electrons.